The van der Waals surface area contributed by atoms with Crippen LogP contribution in [0.3, 0.4) is 0 Å². The number of hydrogen-bond acceptors (Lipinski definition) is 7. The van der Waals surface area contributed by atoms with E-state index in [9.17, 15) is 23.6 Å². The van der Waals surface area contributed by atoms with Crippen molar-refractivity contribution in [3.8, 4) is 16.9 Å². The van der Waals surface area contributed by atoms with Gasteiger partial charge in [-0.25, -0.2) is 13.1 Å². The standard InChI is InChI=1S/C26H26N4O5S.2ClH/c31-24-9-5-20(6-10-24)21-16-22-18-28-13-11-25(22)26(17-21)36(34,35)29-15-14-27-12-1-2-19-3-7-23(8-4-19)30(32)33;;/h3-11,13,16-18,27,29,31H,1-2,12,14-15H2;2*1H. The zero-order valence-corrected chi connectivity index (χ0v) is 22.7. The minimum Gasteiger partial charge on any atom is -0.508 e. The fourth-order valence-electron chi connectivity index (χ4n) is 3.90. The van der Waals surface area contributed by atoms with Crippen LogP contribution in [-0.4, -0.2) is 43.1 Å². The Kier molecular flexibility index (Phi) is 11.4. The molecular formula is C26H28Cl2N4O5S. The summed E-state index contributed by atoms with van der Waals surface area (Å²) in [5.74, 6) is 0.135. The van der Waals surface area contributed by atoms with Crippen molar-refractivity contribution < 1.29 is 18.4 Å². The van der Waals surface area contributed by atoms with Crippen LogP contribution in [0.5, 0.6) is 5.75 Å². The molecule has 0 amide bonds. The highest BCUT2D eigenvalue weighted by molar-refractivity contribution is 7.89. The SMILES string of the molecule is Cl.Cl.O=[N+]([O-])c1ccc(CCCNCCNS(=O)(=O)c2cc(-c3ccc(O)cc3)cc3cnccc23)cc1. The van der Waals surface area contributed by atoms with Gasteiger partial charge in [0.15, 0.2) is 0 Å². The molecule has 0 saturated heterocycles. The van der Waals surface area contributed by atoms with Crippen LogP contribution in [0.4, 0.5) is 5.69 Å². The summed E-state index contributed by atoms with van der Waals surface area (Å²) in [6.45, 7) is 1.36. The molecule has 4 rings (SSSR count). The second kappa shape index (κ2) is 14.0. The average molecular weight is 580 g/mol. The Morgan fingerprint density at radius 3 is 2.29 bits per heavy atom. The molecule has 0 aliphatic rings. The highest BCUT2D eigenvalue weighted by Gasteiger charge is 2.19. The maximum absolute atomic E-state index is 13.2. The number of hydrogen-bond donors (Lipinski definition) is 3. The third-order valence-corrected chi connectivity index (χ3v) is 7.27. The molecular weight excluding hydrogens is 551 g/mol. The summed E-state index contributed by atoms with van der Waals surface area (Å²) in [5, 5.41) is 24.8. The minimum absolute atomic E-state index is 0. The molecule has 4 aromatic rings. The van der Waals surface area contributed by atoms with Crippen molar-refractivity contribution in [2.24, 2.45) is 0 Å². The first-order valence-electron chi connectivity index (χ1n) is 11.4. The number of nitro groups is 1. The highest BCUT2D eigenvalue weighted by atomic mass is 35.5. The number of benzene rings is 3. The Balaban J connectivity index is 0.00000253. The lowest BCUT2D eigenvalue weighted by molar-refractivity contribution is -0.384. The molecule has 0 aliphatic heterocycles. The van der Waals surface area contributed by atoms with E-state index in [1.807, 2.05) is 6.07 Å². The van der Waals surface area contributed by atoms with Gasteiger partial charge in [0.2, 0.25) is 10.0 Å². The van der Waals surface area contributed by atoms with Crippen LogP contribution in [-0.2, 0) is 16.4 Å². The van der Waals surface area contributed by atoms with Gasteiger partial charge in [-0.3, -0.25) is 15.1 Å². The van der Waals surface area contributed by atoms with Crippen molar-refractivity contribution in [1.82, 2.24) is 15.0 Å². The number of nitrogens with one attached hydrogen (secondary N) is 2. The number of phenolic OH excluding ortho intramolecular Hbond substituents is 1. The second-order valence-electron chi connectivity index (χ2n) is 8.29. The molecule has 3 aromatic carbocycles. The fourth-order valence-corrected chi connectivity index (χ4v) is 5.18. The molecule has 0 aliphatic carbocycles. The summed E-state index contributed by atoms with van der Waals surface area (Å²) in [7, 11) is -3.79. The van der Waals surface area contributed by atoms with E-state index in [1.165, 1.54) is 12.1 Å². The topological polar surface area (TPSA) is 134 Å². The number of nitro benzene ring substituents is 1. The van der Waals surface area contributed by atoms with Crippen LogP contribution in [0, 0.1) is 10.1 Å². The maximum Gasteiger partial charge on any atom is 0.269 e. The smallest absolute Gasteiger partial charge is 0.269 e. The summed E-state index contributed by atoms with van der Waals surface area (Å²) in [6.07, 6.45) is 4.77. The van der Waals surface area contributed by atoms with Gasteiger partial charge in [0, 0.05) is 48.4 Å². The highest BCUT2D eigenvalue weighted by Crippen LogP contribution is 2.30. The third-order valence-electron chi connectivity index (χ3n) is 5.77. The predicted molar refractivity (Wildman–Crippen MR) is 153 cm³/mol. The van der Waals surface area contributed by atoms with E-state index in [-0.39, 0.29) is 47.7 Å². The molecule has 9 nitrogen and oxygen atoms in total. The van der Waals surface area contributed by atoms with Crippen LogP contribution < -0.4 is 10.0 Å². The first kappa shape index (κ1) is 30.9. The van der Waals surface area contributed by atoms with Gasteiger partial charge in [-0.15, -0.1) is 24.8 Å². The third kappa shape index (κ3) is 7.86. The van der Waals surface area contributed by atoms with Crippen LogP contribution in [0.2, 0.25) is 0 Å². The van der Waals surface area contributed by atoms with E-state index < -0.39 is 14.9 Å². The number of nitrogens with zero attached hydrogens (tertiary/aromatic N) is 2. The number of fused-ring (bicyclic) bond motifs is 1. The van der Waals surface area contributed by atoms with Crippen LogP contribution in [0.25, 0.3) is 21.9 Å². The van der Waals surface area contributed by atoms with Crippen LogP contribution in [0.1, 0.15) is 12.0 Å². The van der Waals surface area contributed by atoms with Gasteiger partial charge in [-0.1, -0.05) is 24.3 Å². The number of phenols is 1. The van der Waals surface area contributed by atoms with Crippen LogP contribution >= 0.6 is 24.8 Å². The van der Waals surface area contributed by atoms with Gasteiger partial charge in [0.25, 0.3) is 5.69 Å². The molecule has 0 unspecified atom stereocenters. The Bertz CT molecular complexity index is 1470. The van der Waals surface area contributed by atoms with E-state index >= 15 is 0 Å². The van der Waals surface area contributed by atoms with Crippen molar-refractivity contribution in [2.75, 3.05) is 19.6 Å². The van der Waals surface area contributed by atoms with Crippen molar-refractivity contribution in [3.63, 3.8) is 0 Å². The van der Waals surface area contributed by atoms with Crippen molar-refractivity contribution in [1.29, 1.82) is 0 Å². The number of sulfonamides is 1. The second-order valence-corrected chi connectivity index (χ2v) is 10.0. The van der Waals surface area contributed by atoms with E-state index in [0.29, 0.717) is 29.4 Å². The predicted octanol–water partition coefficient (Wildman–Crippen LogP) is 4.86. The lowest BCUT2D eigenvalue weighted by atomic mass is 10.0. The molecule has 0 fully saturated rings. The Labute approximate surface area is 233 Å². The summed E-state index contributed by atoms with van der Waals surface area (Å²) >= 11 is 0. The lowest BCUT2D eigenvalue weighted by Crippen LogP contribution is -2.32. The zero-order valence-electron chi connectivity index (χ0n) is 20.2. The monoisotopic (exact) mass is 578 g/mol. The molecule has 1 heterocycles. The lowest BCUT2D eigenvalue weighted by Gasteiger charge is -2.13. The summed E-state index contributed by atoms with van der Waals surface area (Å²) in [4.78, 5) is 14.6. The summed E-state index contributed by atoms with van der Waals surface area (Å²) in [5.41, 5.74) is 2.57. The molecule has 0 saturated carbocycles. The first-order valence-corrected chi connectivity index (χ1v) is 12.9. The van der Waals surface area contributed by atoms with Gasteiger partial charge >= 0.3 is 0 Å². The normalized spacial score (nSPS) is 10.9. The van der Waals surface area contributed by atoms with E-state index in [1.54, 1.807) is 60.9 Å². The van der Waals surface area contributed by atoms with Gasteiger partial charge in [0.1, 0.15) is 5.75 Å². The largest absolute Gasteiger partial charge is 0.508 e. The number of halogens is 2. The Morgan fingerprint density at radius 2 is 1.61 bits per heavy atom. The van der Waals surface area contributed by atoms with E-state index in [4.69, 9.17) is 0 Å². The van der Waals surface area contributed by atoms with E-state index in [0.717, 1.165) is 24.0 Å². The van der Waals surface area contributed by atoms with Crippen molar-refractivity contribution in [2.45, 2.75) is 17.7 Å². The number of non-ortho nitro benzene ring substituents is 1. The molecule has 3 N–H and O–H groups in total. The molecule has 0 spiro atoms. The van der Waals surface area contributed by atoms with Gasteiger partial charge in [-0.05, 0) is 66.4 Å². The zero-order chi connectivity index (χ0) is 25.5. The van der Waals surface area contributed by atoms with Gasteiger partial charge in [0.05, 0.1) is 9.82 Å². The molecule has 0 bridgehead atoms. The molecule has 12 heteroatoms. The summed E-state index contributed by atoms with van der Waals surface area (Å²) < 4.78 is 29.0. The number of aromatic hydroxyl groups is 1. The molecule has 38 heavy (non-hydrogen) atoms. The maximum atomic E-state index is 13.2. The number of aryl methyl sites for hydroxylation is 1. The fraction of sp³-hybridized carbons (Fsp3) is 0.192. The first-order chi connectivity index (χ1) is 17.3. The molecule has 0 atom stereocenters. The van der Waals surface area contributed by atoms with Crippen molar-refractivity contribution >= 4 is 51.3 Å². The number of pyridine rings is 1. The number of aromatic nitrogens is 1. The van der Waals surface area contributed by atoms with Gasteiger partial charge in [-0.2, -0.15) is 0 Å². The number of rotatable bonds is 11. The molecule has 202 valence electrons. The Hall–Kier alpha value is -3.28. The Morgan fingerprint density at radius 1 is 0.895 bits per heavy atom. The van der Waals surface area contributed by atoms with Gasteiger partial charge < -0.3 is 10.4 Å². The summed E-state index contributed by atoms with van der Waals surface area (Å²) in [6, 6.07) is 18.3. The van der Waals surface area contributed by atoms with Crippen LogP contribution in [0.15, 0.2) is 84.0 Å². The minimum atomic E-state index is -3.79. The van der Waals surface area contributed by atoms with Crippen molar-refractivity contribution in [3.05, 3.63) is 94.8 Å². The average Bonchev–Trinajstić information content (AvgIpc) is 2.88. The quantitative estimate of drug-likeness (QED) is 0.131. The molecule has 0 radical (unpaired) electrons. The molecule has 1 aromatic heterocycles. The van der Waals surface area contributed by atoms with E-state index in [2.05, 4.69) is 15.0 Å².